The number of hydrogen-bond donors (Lipinski definition) is 5. The summed E-state index contributed by atoms with van der Waals surface area (Å²) in [5.41, 5.74) is 8.28. The van der Waals surface area contributed by atoms with E-state index < -0.39 is 35.7 Å². The smallest absolute Gasteiger partial charge is 0.338 e. The first kappa shape index (κ1) is 64.1. The van der Waals surface area contributed by atoms with E-state index in [0.717, 1.165) is 64.9 Å². The van der Waals surface area contributed by atoms with Crippen LogP contribution in [0, 0.1) is 18.6 Å². The lowest BCUT2D eigenvalue weighted by atomic mass is 9.95. The zero-order valence-corrected chi connectivity index (χ0v) is 55.4. The standard InChI is InChI=1S/C35H35ClFN9O3S.C32H30ClFN8O3S/c1-49-34(47)29-28(42-32(33-39-11-14-50-33)43-30(29)24-9-6-21(37)15-25(24)36)19-44-12-13-45-23(17-44)18-46(35(45)48)22-7-4-20(5-8-22)27-16-40-31(41-27)26-3-2-10-38-26;1-18-36-14-25(37-18)19-3-6-21(7-4-19)42-16-22-15-40(10-11-41(22)32(42)44)17-26-27(31(43)45-2)28(23-8-5-20(34)13-24(23)33)39-29(38-26)30-35-9-12-46-30/h4-9,11,14-16,23,26,30,38H,2-3,10,12-13,17-19H2,1H3,(H,40,41)(H,42,43);3-9,12-14,22,28H,10-11,15-17H2,1-2H3,(H,36,37)(H,38,39)/t23-,26?,30-;22-,28-/m00/s1. The summed E-state index contributed by atoms with van der Waals surface area (Å²) in [5, 5.41) is 15.4. The Balaban J connectivity index is 0.000000166. The molecule has 8 aromatic rings. The lowest BCUT2D eigenvalue weighted by Gasteiger charge is -2.38. The van der Waals surface area contributed by atoms with E-state index in [9.17, 15) is 28.0 Å². The Bertz CT molecular complexity index is 4390. The predicted octanol–water partition coefficient (Wildman–Crippen LogP) is 9.67. The van der Waals surface area contributed by atoms with Crippen molar-refractivity contribution in [2.75, 3.05) is 96.0 Å². The SMILES string of the molecule is COC(=O)C1=C(CN2CCN3C(=O)N(c4ccc(-c5cnc(C)[nH]5)cc4)C[C@@H]3C2)NC(c2nccs2)=N[C@H]1c1ccc(F)cc1Cl.COC(=O)C1=C(CN2CCN3C(=O)N(c4ccc(-c5cnc(C6CCCN6)[nH]5)cc4)C[C@@H]3C2)NC(c2nccs2)=N[C@H]1c1ccc(F)cc1Cl. The van der Waals surface area contributed by atoms with Gasteiger partial charge in [-0.2, -0.15) is 0 Å². The number of amidine groups is 2. The summed E-state index contributed by atoms with van der Waals surface area (Å²) in [6.07, 6.45) is 9.24. The normalized spacial score (nSPS) is 21.3. The summed E-state index contributed by atoms with van der Waals surface area (Å²) < 4.78 is 38.5. The van der Waals surface area contributed by atoms with Crippen LogP contribution in [0.5, 0.6) is 0 Å². The number of aliphatic imine (C=N–C) groups is 2. The van der Waals surface area contributed by atoms with Gasteiger partial charge < -0.3 is 45.2 Å². The van der Waals surface area contributed by atoms with Gasteiger partial charge in [0.2, 0.25) is 0 Å². The molecule has 0 aliphatic carbocycles. The molecular formula is C67H65Cl2F2N17O6S2. The van der Waals surface area contributed by atoms with E-state index in [1.807, 2.05) is 92.0 Å². The number of ether oxygens (including phenoxy) is 2. The molecule has 4 aromatic heterocycles. The predicted molar refractivity (Wildman–Crippen MR) is 362 cm³/mol. The van der Waals surface area contributed by atoms with Crippen molar-refractivity contribution in [3.8, 4) is 22.5 Å². The van der Waals surface area contributed by atoms with E-state index in [0.29, 0.717) is 110 Å². The summed E-state index contributed by atoms with van der Waals surface area (Å²) in [6, 6.07) is 22.4. The molecule has 0 radical (unpaired) electrons. The quantitative estimate of drug-likeness (QED) is 0.0599. The van der Waals surface area contributed by atoms with Gasteiger partial charge in [0.05, 0.1) is 67.3 Å². The molecule has 29 heteroatoms. The molecule has 23 nitrogen and oxygen atoms in total. The number of esters is 2. The zero-order valence-electron chi connectivity index (χ0n) is 52.3. The van der Waals surface area contributed by atoms with Gasteiger partial charge in [-0.15, -0.1) is 22.7 Å². The molecule has 0 saturated carbocycles. The van der Waals surface area contributed by atoms with Crippen LogP contribution < -0.4 is 25.8 Å². The highest BCUT2D eigenvalue weighted by molar-refractivity contribution is 7.12. The van der Waals surface area contributed by atoms with Crippen LogP contribution in [0.2, 0.25) is 10.0 Å². The van der Waals surface area contributed by atoms with Gasteiger partial charge in [0.25, 0.3) is 0 Å². The number of fused-ring (bicyclic) bond motifs is 2. The van der Waals surface area contributed by atoms with Crippen molar-refractivity contribution in [1.82, 2.24) is 65.5 Å². The van der Waals surface area contributed by atoms with Gasteiger partial charge in [0.1, 0.15) is 35.4 Å². The number of benzene rings is 4. The van der Waals surface area contributed by atoms with Gasteiger partial charge in [-0.25, -0.2) is 47.9 Å². The molecule has 1 unspecified atom stereocenters. The number of nitrogens with one attached hydrogen (secondary N) is 5. The molecule has 15 rings (SSSR count). The number of halogens is 4. The maximum Gasteiger partial charge on any atom is 0.338 e. The van der Waals surface area contributed by atoms with Crippen LogP contribution in [0.1, 0.15) is 63.8 Å². The average Bonchev–Trinajstić information content (AvgIpc) is 1.19. The number of aromatic amines is 2. The largest absolute Gasteiger partial charge is 0.466 e. The Morgan fingerprint density at radius 3 is 1.51 bits per heavy atom. The molecule has 4 amide bonds. The number of urea groups is 2. The third kappa shape index (κ3) is 13.0. The maximum absolute atomic E-state index is 14.0. The number of imidazole rings is 2. The summed E-state index contributed by atoms with van der Waals surface area (Å²) in [4.78, 5) is 99.7. The second-order valence-electron chi connectivity index (χ2n) is 24.0. The molecular weight excluding hydrogens is 1310 g/mol. The number of hydrogen-bond acceptors (Lipinski definition) is 19. The van der Waals surface area contributed by atoms with Crippen LogP contribution in [0.15, 0.2) is 153 Å². The van der Waals surface area contributed by atoms with Gasteiger partial charge in [0.15, 0.2) is 21.7 Å². The minimum Gasteiger partial charge on any atom is -0.466 e. The van der Waals surface area contributed by atoms with Gasteiger partial charge in [0, 0.05) is 133 Å². The molecule has 11 heterocycles. The Kier molecular flexibility index (Phi) is 18.4. The number of thiazole rings is 2. The number of rotatable bonds is 15. The highest BCUT2D eigenvalue weighted by atomic mass is 35.5. The second kappa shape index (κ2) is 27.5. The monoisotopic (exact) mass is 1380 g/mol. The van der Waals surface area contributed by atoms with E-state index in [1.165, 1.54) is 67.2 Å². The third-order valence-corrected chi connectivity index (χ3v) is 20.4. The third-order valence-electron chi connectivity index (χ3n) is 18.2. The number of aryl methyl sites for hydroxylation is 1. The fourth-order valence-electron chi connectivity index (χ4n) is 13.4. The highest BCUT2D eigenvalue weighted by Gasteiger charge is 2.45. The van der Waals surface area contributed by atoms with E-state index in [1.54, 1.807) is 24.7 Å². The number of carbonyl (C=O) groups is 4. The fraction of sp³-hybridized carbons (Fsp3) is 0.313. The van der Waals surface area contributed by atoms with Crippen molar-refractivity contribution in [3.63, 3.8) is 0 Å². The maximum atomic E-state index is 14.0. The molecule has 7 aliphatic rings. The Morgan fingerprint density at radius 1 is 0.615 bits per heavy atom. The number of amides is 4. The van der Waals surface area contributed by atoms with Crippen LogP contribution in [-0.2, 0) is 19.1 Å². The summed E-state index contributed by atoms with van der Waals surface area (Å²) >= 11 is 15.8. The second-order valence-corrected chi connectivity index (χ2v) is 26.6. The first-order chi connectivity index (χ1) is 46.6. The average molecular weight is 1380 g/mol. The van der Waals surface area contributed by atoms with Crippen LogP contribution in [-0.4, -0.2) is 183 Å². The topological polar surface area (TPSA) is 250 Å². The Morgan fingerprint density at radius 2 is 1.09 bits per heavy atom. The van der Waals surface area contributed by atoms with Crippen molar-refractivity contribution in [1.29, 1.82) is 0 Å². The van der Waals surface area contributed by atoms with Gasteiger partial charge in [-0.3, -0.25) is 29.6 Å². The van der Waals surface area contributed by atoms with Crippen molar-refractivity contribution >= 4 is 92.9 Å². The molecule has 0 spiro atoms. The van der Waals surface area contributed by atoms with Crippen LogP contribution >= 0.6 is 45.9 Å². The van der Waals surface area contributed by atoms with Crippen LogP contribution in [0.25, 0.3) is 22.5 Å². The fourth-order valence-corrected chi connectivity index (χ4v) is 15.1. The highest BCUT2D eigenvalue weighted by Crippen LogP contribution is 2.40. The van der Waals surface area contributed by atoms with E-state index >= 15 is 0 Å². The van der Waals surface area contributed by atoms with E-state index in [-0.39, 0.29) is 51.4 Å². The number of aromatic nitrogens is 6. The first-order valence-electron chi connectivity index (χ1n) is 31.3. The number of H-pyrrole nitrogens is 2. The van der Waals surface area contributed by atoms with Crippen molar-refractivity contribution in [2.24, 2.45) is 9.98 Å². The van der Waals surface area contributed by atoms with Crippen LogP contribution in [0.4, 0.5) is 29.7 Å². The molecule has 5 N–H and O–H groups in total. The number of methoxy groups -OCH3 is 2. The number of piperazine rings is 2. The van der Waals surface area contributed by atoms with Crippen LogP contribution in [0.3, 0.4) is 0 Å². The Labute approximate surface area is 568 Å². The molecule has 494 valence electrons. The molecule has 5 fully saturated rings. The van der Waals surface area contributed by atoms with Gasteiger partial charge >= 0.3 is 24.0 Å². The van der Waals surface area contributed by atoms with Crippen molar-refractivity contribution < 1.29 is 37.4 Å². The number of anilines is 2. The van der Waals surface area contributed by atoms with Crippen molar-refractivity contribution in [3.05, 3.63) is 197 Å². The summed E-state index contributed by atoms with van der Waals surface area (Å²) in [7, 11) is 2.64. The van der Waals surface area contributed by atoms with E-state index in [4.69, 9.17) is 42.7 Å². The van der Waals surface area contributed by atoms with E-state index in [2.05, 4.69) is 55.7 Å². The Hall–Kier alpha value is -9.22. The van der Waals surface area contributed by atoms with Gasteiger partial charge in [-0.05, 0) is 86.0 Å². The lowest BCUT2D eigenvalue weighted by Crippen LogP contribution is -2.53. The molecule has 0 bridgehead atoms. The van der Waals surface area contributed by atoms with Gasteiger partial charge in [-0.1, -0.05) is 59.6 Å². The zero-order chi connectivity index (χ0) is 66.3. The lowest BCUT2D eigenvalue weighted by molar-refractivity contribution is -0.137. The molecule has 96 heavy (non-hydrogen) atoms. The molecule has 4 aromatic carbocycles. The first-order valence-corrected chi connectivity index (χ1v) is 33.8. The number of nitrogens with zero attached hydrogens (tertiary/aromatic N) is 12. The summed E-state index contributed by atoms with van der Waals surface area (Å²) in [5.74, 6) is 0.661. The molecule has 5 saturated heterocycles. The number of carbonyl (C=O) groups excluding carboxylic acids is 4. The molecule has 5 atom stereocenters. The summed E-state index contributed by atoms with van der Waals surface area (Å²) in [6.45, 7) is 8.16. The van der Waals surface area contributed by atoms with Crippen molar-refractivity contribution in [2.45, 2.75) is 50.0 Å². The minimum absolute atomic E-state index is 0.0204. The molecule has 7 aliphatic heterocycles. The minimum atomic E-state index is -0.841.